The third-order valence-corrected chi connectivity index (χ3v) is 5.00. The number of benzene rings is 2. The van der Waals surface area contributed by atoms with Crippen LogP contribution in [0.2, 0.25) is 5.02 Å². The number of rotatable bonds is 5. The highest BCUT2D eigenvalue weighted by Crippen LogP contribution is 2.35. The molecule has 1 aliphatic carbocycles. The maximum atomic E-state index is 12.8. The van der Waals surface area contributed by atoms with E-state index in [0.717, 1.165) is 19.3 Å². The minimum absolute atomic E-state index is 0.0619. The van der Waals surface area contributed by atoms with Crippen LogP contribution in [0, 0.1) is 0 Å². The quantitative estimate of drug-likeness (QED) is 0.762. The largest absolute Gasteiger partial charge is 0.349 e. The van der Waals surface area contributed by atoms with Gasteiger partial charge in [-0.3, -0.25) is 9.59 Å². The van der Waals surface area contributed by atoms with Crippen molar-refractivity contribution in [2.24, 2.45) is 0 Å². The van der Waals surface area contributed by atoms with E-state index >= 15 is 0 Å². The number of nitrogens with one attached hydrogen (secondary N) is 2. The molecule has 26 heavy (non-hydrogen) atoms. The van der Waals surface area contributed by atoms with Crippen LogP contribution in [0.5, 0.6) is 0 Å². The molecule has 0 bridgehead atoms. The monoisotopic (exact) mass is 368 g/mol. The van der Waals surface area contributed by atoms with Gasteiger partial charge in [-0.05, 0) is 48.7 Å². The summed E-state index contributed by atoms with van der Waals surface area (Å²) in [4.78, 5) is 24.4. The molecule has 0 aliphatic heterocycles. The molecule has 0 saturated heterocycles. The van der Waals surface area contributed by atoms with Gasteiger partial charge in [0.05, 0.1) is 11.3 Å². The van der Waals surface area contributed by atoms with Crippen LogP contribution in [0.25, 0.3) is 0 Å². The van der Waals surface area contributed by atoms with E-state index in [1.807, 2.05) is 24.3 Å². The van der Waals surface area contributed by atoms with E-state index in [1.165, 1.54) is 11.6 Å². The second-order valence-corrected chi connectivity index (χ2v) is 6.84. The molecule has 0 radical (unpaired) electrons. The highest BCUT2D eigenvalue weighted by Gasteiger charge is 2.30. The number of carbonyl (C=O) groups excluding carboxylic acids is 2. The first-order valence-electron chi connectivity index (χ1n) is 8.67. The summed E-state index contributed by atoms with van der Waals surface area (Å²) in [5.74, 6) is -0.257. The fraction of sp³-hybridized carbons (Fsp3) is 0.238. The molecule has 0 spiro atoms. The summed E-state index contributed by atoms with van der Waals surface area (Å²) < 4.78 is 0. The van der Waals surface area contributed by atoms with Crippen LogP contribution in [0.1, 0.15) is 41.1 Å². The van der Waals surface area contributed by atoms with Crippen LogP contribution in [-0.2, 0) is 4.79 Å². The molecule has 0 aromatic heterocycles. The van der Waals surface area contributed by atoms with Gasteiger partial charge in [0, 0.05) is 17.0 Å². The lowest BCUT2D eigenvalue weighted by molar-refractivity contribution is -0.111. The predicted molar refractivity (Wildman–Crippen MR) is 105 cm³/mol. The summed E-state index contributed by atoms with van der Waals surface area (Å²) in [5, 5.41) is 6.53. The Hall–Kier alpha value is -2.59. The zero-order chi connectivity index (χ0) is 18.5. The molecule has 2 unspecified atom stereocenters. The Morgan fingerprint density at radius 1 is 1.08 bits per heavy atom. The van der Waals surface area contributed by atoms with Crippen LogP contribution in [-0.4, -0.2) is 17.9 Å². The Kier molecular flexibility index (Phi) is 5.74. The van der Waals surface area contributed by atoms with Crippen molar-refractivity contribution in [3.63, 3.8) is 0 Å². The van der Waals surface area contributed by atoms with Gasteiger partial charge in [-0.15, -0.1) is 0 Å². The van der Waals surface area contributed by atoms with Crippen molar-refractivity contribution < 1.29 is 9.59 Å². The van der Waals surface area contributed by atoms with Gasteiger partial charge < -0.3 is 10.6 Å². The fourth-order valence-electron chi connectivity index (χ4n) is 3.46. The molecule has 2 amide bonds. The van der Waals surface area contributed by atoms with Crippen molar-refractivity contribution in [1.82, 2.24) is 5.32 Å². The molecule has 4 nitrogen and oxygen atoms in total. The number of hydrogen-bond acceptors (Lipinski definition) is 2. The lowest BCUT2D eigenvalue weighted by Gasteiger charge is -2.22. The highest BCUT2D eigenvalue weighted by atomic mass is 35.5. The van der Waals surface area contributed by atoms with E-state index in [-0.39, 0.29) is 23.8 Å². The molecule has 2 aromatic carbocycles. The van der Waals surface area contributed by atoms with Gasteiger partial charge in [0.15, 0.2) is 0 Å². The first-order valence-corrected chi connectivity index (χ1v) is 9.05. The topological polar surface area (TPSA) is 58.2 Å². The number of amides is 2. The summed E-state index contributed by atoms with van der Waals surface area (Å²) >= 11 is 5.98. The second-order valence-electron chi connectivity index (χ2n) is 6.41. The molecular formula is C21H21ClN2O2. The molecule has 2 aromatic rings. The number of para-hydroxylation sites is 1. The molecule has 0 heterocycles. The number of hydrogen-bond donors (Lipinski definition) is 2. The molecule has 5 heteroatoms. The molecular weight excluding hydrogens is 348 g/mol. The number of anilines is 1. The molecule has 1 saturated carbocycles. The van der Waals surface area contributed by atoms with E-state index in [1.54, 1.807) is 24.3 Å². The Balaban J connectivity index is 1.76. The minimum atomic E-state index is -0.342. The third-order valence-electron chi connectivity index (χ3n) is 4.75. The Labute approximate surface area is 158 Å². The minimum Gasteiger partial charge on any atom is -0.349 e. The van der Waals surface area contributed by atoms with Crippen LogP contribution in [0.3, 0.4) is 0 Å². The van der Waals surface area contributed by atoms with Gasteiger partial charge in [0.25, 0.3) is 5.91 Å². The zero-order valence-corrected chi connectivity index (χ0v) is 15.1. The molecule has 2 atom stereocenters. The van der Waals surface area contributed by atoms with Crippen molar-refractivity contribution in [3.05, 3.63) is 77.3 Å². The standard InChI is InChI=1S/C21H21ClN2O2/c1-2-20(25)23-19-8-4-3-6-17(19)21(26)24-18-9-5-7-16(18)14-10-12-15(22)13-11-14/h2-4,6,8,10-13,16,18H,1,5,7,9H2,(H,23,25)(H,24,26). The van der Waals surface area contributed by atoms with E-state index in [2.05, 4.69) is 17.2 Å². The molecule has 134 valence electrons. The third kappa shape index (κ3) is 4.14. The van der Waals surface area contributed by atoms with Gasteiger partial charge in [0.2, 0.25) is 5.91 Å². The van der Waals surface area contributed by atoms with E-state index in [9.17, 15) is 9.59 Å². The highest BCUT2D eigenvalue weighted by molar-refractivity contribution is 6.30. The van der Waals surface area contributed by atoms with Crippen LogP contribution in [0.4, 0.5) is 5.69 Å². The summed E-state index contributed by atoms with van der Waals surface area (Å²) in [6, 6.07) is 14.9. The fourth-order valence-corrected chi connectivity index (χ4v) is 3.59. The average Bonchev–Trinajstić information content (AvgIpc) is 3.10. The van der Waals surface area contributed by atoms with Crippen molar-refractivity contribution in [2.45, 2.75) is 31.2 Å². The normalized spacial score (nSPS) is 19.0. The summed E-state index contributed by atoms with van der Waals surface area (Å²) in [6.45, 7) is 3.44. The summed E-state index contributed by atoms with van der Waals surface area (Å²) in [5.41, 5.74) is 2.12. The number of carbonyl (C=O) groups is 2. The van der Waals surface area contributed by atoms with E-state index in [4.69, 9.17) is 11.6 Å². The average molecular weight is 369 g/mol. The van der Waals surface area contributed by atoms with Crippen molar-refractivity contribution >= 4 is 29.1 Å². The van der Waals surface area contributed by atoms with Crippen LogP contribution < -0.4 is 10.6 Å². The molecule has 1 fully saturated rings. The summed E-state index contributed by atoms with van der Waals surface area (Å²) in [6.07, 6.45) is 4.21. The maximum absolute atomic E-state index is 12.8. The van der Waals surface area contributed by atoms with Gasteiger partial charge in [-0.2, -0.15) is 0 Å². The van der Waals surface area contributed by atoms with Gasteiger partial charge in [-0.25, -0.2) is 0 Å². The van der Waals surface area contributed by atoms with Crippen LogP contribution >= 0.6 is 11.6 Å². The smallest absolute Gasteiger partial charge is 0.253 e. The molecule has 3 rings (SSSR count). The van der Waals surface area contributed by atoms with Crippen LogP contribution in [0.15, 0.2) is 61.2 Å². The van der Waals surface area contributed by atoms with Gasteiger partial charge in [0.1, 0.15) is 0 Å². The predicted octanol–water partition coefficient (Wildman–Crippen LogP) is 4.53. The first-order chi connectivity index (χ1) is 12.6. The van der Waals surface area contributed by atoms with Gasteiger partial charge in [-0.1, -0.05) is 48.9 Å². The molecule has 2 N–H and O–H groups in total. The van der Waals surface area contributed by atoms with Crippen molar-refractivity contribution in [1.29, 1.82) is 0 Å². The lowest BCUT2D eigenvalue weighted by atomic mass is 9.94. The van der Waals surface area contributed by atoms with E-state index < -0.39 is 0 Å². The summed E-state index contributed by atoms with van der Waals surface area (Å²) in [7, 11) is 0. The first kappa shape index (κ1) is 18.2. The maximum Gasteiger partial charge on any atom is 0.253 e. The van der Waals surface area contributed by atoms with E-state index in [0.29, 0.717) is 16.3 Å². The Morgan fingerprint density at radius 2 is 1.81 bits per heavy atom. The lowest BCUT2D eigenvalue weighted by Crippen LogP contribution is -2.36. The van der Waals surface area contributed by atoms with Crippen molar-refractivity contribution in [2.75, 3.05) is 5.32 Å². The second kappa shape index (κ2) is 8.19. The zero-order valence-electron chi connectivity index (χ0n) is 14.4. The Bertz CT molecular complexity index is 817. The van der Waals surface area contributed by atoms with Crippen molar-refractivity contribution in [3.8, 4) is 0 Å². The Morgan fingerprint density at radius 3 is 2.54 bits per heavy atom. The van der Waals surface area contributed by atoms with Gasteiger partial charge >= 0.3 is 0 Å². The number of halogens is 1. The molecule has 1 aliphatic rings. The SMILES string of the molecule is C=CC(=O)Nc1ccccc1C(=O)NC1CCCC1c1ccc(Cl)cc1.